The molecule has 0 spiro atoms. The van der Waals surface area contributed by atoms with Gasteiger partial charge in [-0.05, 0) is 19.8 Å². The molecule has 0 bridgehead atoms. The van der Waals surface area contributed by atoms with E-state index in [-0.39, 0.29) is 11.4 Å². The minimum absolute atomic E-state index is 0.0669. The molecular weight excluding hydrogens is 188 g/mol. The minimum atomic E-state index is -0.373. The maximum Gasteiger partial charge on any atom is 0.315 e. The van der Waals surface area contributed by atoms with Gasteiger partial charge in [0.25, 0.3) is 0 Å². The molecule has 0 N–H and O–H groups in total. The highest BCUT2D eigenvalue weighted by Crippen LogP contribution is 2.38. The predicted octanol–water partition coefficient (Wildman–Crippen LogP) is 3.24. The molecule has 0 radical (unpaired) electrons. The molecule has 1 aliphatic carbocycles. The van der Waals surface area contributed by atoms with Crippen LogP contribution in [0.4, 0.5) is 0 Å². The third kappa shape index (κ3) is 2.95. The van der Waals surface area contributed by atoms with Crippen molar-refractivity contribution in [2.75, 3.05) is 6.61 Å². The van der Waals surface area contributed by atoms with Crippen LogP contribution in [-0.4, -0.2) is 12.6 Å². The summed E-state index contributed by atoms with van der Waals surface area (Å²) >= 11 is 0. The summed E-state index contributed by atoms with van der Waals surface area (Å²) in [6.45, 7) is 5.96. The fourth-order valence-corrected chi connectivity index (χ4v) is 2.15. The summed E-state index contributed by atoms with van der Waals surface area (Å²) < 4.78 is 5.16. The van der Waals surface area contributed by atoms with Crippen molar-refractivity contribution in [3.05, 3.63) is 24.8 Å². The number of esters is 1. The van der Waals surface area contributed by atoms with Crippen LogP contribution in [0.2, 0.25) is 0 Å². The van der Waals surface area contributed by atoms with Gasteiger partial charge in [-0.3, -0.25) is 4.79 Å². The minimum Gasteiger partial charge on any atom is -0.465 e. The number of hydrogen-bond acceptors (Lipinski definition) is 2. The van der Waals surface area contributed by atoms with E-state index in [0.29, 0.717) is 6.61 Å². The molecule has 1 saturated carbocycles. The average Bonchev–Trinajstić information content (AvgIpc) is 2.28. The fraction of sp³-hybridized carbons (Fsp3) is 0.615. The Morgan fingerprint density at radius 2 is 2.07 bits per heavy atom. The first-order valence-electron chi connectivity index (χ1n) is 5.72. The van der Waals surface area contributed by atoms with E-state index in [0.717, 1.165) is 25.7 Å². The van der Waals surface area contributed by atoms with E-state index in [1.807, 2.05) is 19.1 Å². The van der Waals surface area contributed by atoms with E-state index >= 15 is 0 Å². The number of carbonyl (C=O) groups is 1. The summed E-state index contributed by atoms with van der Waals surface area (Å²) in [5.41, 5.74) is -0.373. The SMILES string of the molecule is C=CC=CC1(C(=O)OCC)CCCCC1. The molecule has 1 rings (SSSR count). The Bertz CT molecular complexity index is 247. The molecule has 0 unspecified atom stereocenters. The molecule has 84 valence electrons. The van der Waals surface area contributed by atoms with Crippen molar-refractivity contribution in [2.24, 2.45) is 5.41 Å². The monoisotopic (exact) mass is 208 g/mol. The quantitative estimate of drug-likeness (QED) is 0.523. The van der Waals surface area contributed by atoms with Crippen LogP contribution in [0.25, 0.3) is 0 Å². The standard InChI is InChI=1S/C13H20O2/c1-3-5-9-13(12(14)15-4-2)10-7-6-8-11-13/h3,5,9H,1,4,6-8,10-11H2,2H3. The van der Waals surface area contributed by atoms with Gasteiger partial charge in [-0.2, -0.15) is 0 Å². The van der Waals surface area contributed by atoms with Crippen molar-refractivity contribution in [3.8, 4) is 0 Å². The van der Waals surface area contributed by atoms with Gasteiger partial charge >= 0.3 is 5.97 Å². The van der Waals surface area contributed by atoms with E-state index < -0.39 is 0 Å². The second-order valence-electron chi connectivity index (χ2n) is 4.03. The molecular formula is C13H20O2. The number of rotatable bonds is 4. The molecule has 0 aromatic heterocycles. The molecule has 0 aromatic rings. The molecule has 0 heterocycles. The molecule has 1 aliphatic rings. The lowest BCUT2D eigenvalue weighted by molar-refractivity contribution is -0.154. The van der Waals surface area contributed by atoms with Crippen molar-refractivity contribution in [1.29, 1.82) is 0 Å². The van der Waals surface area contributed by atoms with E-state index in [2.05, 4.69) is 6.58 Å². The topological polar surface area (TPSA) is 26.3 Å². The number of allylic oxidation sites excluding steroid dienone is 2. The Kier molecular flexibility index (Phi) is 4.60. The van der Waals surface area contributed by atoms with Gasteiger partial charge in [-0.15, -0.1) is 0 Å². The van der Waals surface area contributed by atoms with E-state index in [1.165, 1.54) is 6.42 Å². The summed E-state index contributed by atoms with van der Waals surface area (Å²) in [7, 11) is 0. The van der Waals surface area contributed by atoms with Crippen LogP contribution in [0, 0.1) is 5.41 Å². The van der Waals surface area contributed by atoms with E-state index in [1.54, 1.807) is 6.08 Å². The molecule has 0 aliphatic heterocycles. The lowest BCUT2D eigenvalue weighted by Crippen LogP contribution is -2.33. The third-order valence-corrected chi connectivity index (χ3v) is 2.98. The van der Waals surface area contributed by atoms with Crippen LogP contribution >= 0.6 is 0 Å². The highest BCUT2D eigenvalue weighted by Gasteiger charge is 2.38. The van der Waals surface area contributed by atoms with Crippen molar-refractivity contribution >= 4 is 5.97 Å². The number of ether oxygens (including phenoxy) is 1. The molecule has 2 nitrogen and oxygen atoms in total. The normalized spacial score (nSPS) is 20.1. The Morgan fingerprint density at radius 1 is 1.40 bits per heavy atom. The first-order valence-corrected chi connectivity index (χ1v) is 5.72. The molecule has 15 heavy (non-hydrogen) atoms. The molecule has 0 atom stereocenters. The molecule has 1 fully saturated rings. The van der Waals surface area contributed by atoms with Crippen molar-refractivity contribution < 1.29 is 9.53 Å². The third-order valence-electron chi connectivity index (χ3n) is 2.98. The Morgan fingerprint density at radius 3 is 2.60 bits per heavy atom. The van der Waals surface area contributed by atoms with Crippen molar-refractivity contribution in [1.82, 2.24) is 0 Å². The smallest absolute Gasteiger partial charge is 0.315 e. The zero-order valence-electron chi connectivity index (χ0n) is 9.50. The number of carbonyl (C=O) groups excluding carboxylic acids is 1. The van der Waals surface area contributed by atoms with E-state index in [4.69, 9.17) is 4.74 Å². The average molecular weight is 208 g/mol. The van der Waals surface area contributed by atoms with Gasteiger partial charge in [0.1, 0.15) is 0 Å². The lowest BCUT2D eigenvalue weighted by atomic mass is 9.74. The molecule has 2 heteroatoms. The van der Waals surface area contributed by atoms with Crippen molar-refractivity contribution in [2.45, 2.75) is 39.0 Å². The summed E-state index contributed by atoms with van der Waals surface area (Å²) in [4.78, 5) is 11.9. The second kappa shape index (κ2) is 5.74. The first kappa shape index (κ1) is 12.0. The predicted molar refractivity (Wildman–Crippen MR) is 61.5 cm³/mol. The first-order chi connectivity index (χ1) is 7.25. The van der Waals surface area contributed by atoms with Crippen LogP contribution in [0.3, 0.4) is 0 Å². The molecule has 0 saturated heterocycles. The van der Waals surface area contributed by atoms with Crippen LogP contribution in [0.5, 0.6) is 0 Å². The summed E-state index contributed by atoms with van der Waals surface area (Å²) in [6.07, 6.45) is 10.8. The zero-order valence-corrected chi connectivity index (χ0v) is 9.50. The maximum atomic E-state index is 11.9. The summed E-state index contributed by atoms with van der Waals surface area (Å²) in [5.74, 6) is -0.0669. The van der Waals surface area contributed by atoms with E-state index in [9.17, 15) is 4.79 Å². The molecule has 0 aromatic carbocycles. The lowest BCUT2D eigenvalue weighted by Gasteiger charge is -2.31. The van der Waals surface area contributed by atoms with Gasteiger partial charge in [-0.25, -0.2) is 0 Å². The second-order valence-corrected chi connectivity index (χ2v) is 4.03. The van der Waals surface area contributed by atoms with Crippen LogP contribution < -0.4 is 0 Å². The summed E-state index contributed by atoms with van der Waals surface area (Å²) in [5, 5.41) is 0. The Labute approximate surface area is 92.0 Å². The summed E-state index contributed by atoms with van der Waals surface area (Å²) in [6, 6.07) is 0. The van der Waals surface area contributed by atoms with Crippen molar-refractivity contribution in [3.63, 3.8) is 0 Å². The maximum absolute atomic E-state index is 11.9. The zero-order chi connectivity index (χ0) is 11.1. The van der Waals surface area contributed by atoms with Crippen LogP contribution in [0.1, 0.15) is 39.0 Å². The fourth-order valence-electron chi connectivity index (χ4n) is 2.15. The highest BCUT2D eigenvalue weighted by atomic mass is 16.5. The van der Waals surface area contributed by atoms with Gasteiger partial charge < -0.3 is 4.74 Å². The van der Waals surface area contributed by atoms with Crippen LogP contribution in [-0.2, 0) is 9.53 Å². The van der Waals surface area contributed by atoms with Gasteiger partial charge in [-0.1, -0.05) is 44.1 Å². The van der Waals surface area contributed by atoms with Gasteiger partial charge in [0.05, 0.1) is 12.0 Å². The van der Waals surface area contributed by atoms with Gasteiger partial charge in [0.15, 0.2) is 0 Å². The number of hydrogen-bond donors (Lipinski definition) is 0. The van der Waals surface area contributed by atoms with Crippen LogP contribution in [0.15, 0.2) is 24.8 Å². The van der Waals surface area contributed by atoms with Gasteiger partial charge in [0.2, 0.25) is 0 Å². The Balaban J connectivity index is 2.78. The molecule has 0 amide bonds. The van der Waals surface area contributed by atoms with Gasteiger partial charge in [0, 0.05) is 0 Å². The highest BCUT2D eigenvalue weighted by molar-refractivity contribution is 5.79. The largest absolute Gasteiger partial charge is 0.465 e. The Hall–Kier alpha value is -1.05.